The second kappa shape index (κ2) is 9.64. The molecule has 2 amide bonds. The fourth-order valence-electron chi connectivity index (χ4n) is 4.41. The number of hydrogen-bond acceptors (Lipinski definition) is 5. The summed E-state index contributed by atoms with van der Waals surface area (Å²) in [6.45, 7) is 8.21. The van der Waals surface area contributed by atoms with Crippen molar-refractivity contribution in [3.63, 3.8) is 0 Å². The van der Waals surface area contributed by atoms with Gasteiger partial charge in [0, 0.05) is 13.1 Å². The maximum absolute atomic E-state index is 12.6. The molecule has 0 aliphatic carbocycles. The van der Waals surface area contributed by atoms with Crippen LogP contribution in [0, 0.1) is 0 Å². The number of carbonyl (C=O) groups is 2. The van der Waals surface area contributed by atoms with Crippen molar-refractivity contribution >= 4 is 30.6 Å². The van der Waals surface area contributed by atoms with E-state index < -0.39 is 0 Å². The van der Waals surface area contributed by atoms with Crippen molar-refractivity contribution < 1.29 is 14.3 Å². The maximum atomic E-state index is 12.6. The number of ether oxygens (including phenoxy) is 1. The van der Waals surface area contributed by atoms with Gasteiger partial charge in [0.2, 0.25) is 0 Å². The molecule has 0 saturated carbocycles. The number of piperidine rings is 1. The Hall–Kier alpha value is -2.35. The molecule has 2 heterocycles. The zero-order valence-corrected chi connectivity index (χ0v) is 18.2. The molecule has 0 aromatic heterocycles. The fraction of sp³-hybridized carbons (Fsp3) is 0.591. The molecule has 3 N–H and O–H groups in total. The molecule has 1 radical (unpaired) electrons. The van der Waals surface area contributed by atoms with Gasteiger partial charge in [-0.1, -0.05) is 13.8 Å². The van der Waals surface area contributed by atoms with Crippen molar-refractivity contribution in [2.45, 2.75) is 65.1 Å². The molecule has 8 heteroatoms. The van der Waals surface area contributed by atoms with Crippen LogP contribution in [0.25, 0.3) is 0 Å². The van der Waals surface area contributed by atoms with Gasteiger partial charge in [0.05, 0.1) is 0 Å². The first-order chi connectivity index (χ1) is 14.3. The minimum atomic E-state index is -0.250. The summed E-state index contributed by atoms with van der Waals surface area (Å²) in [5.41, 5.74) is 9.29. The predicted molar refractivity (Wildman–Crippen MR) is 119 cm³/mol. The number of nitrogen functional groups attached to an aromatic ring is 1. The summed E-state index contributed by atoms with van der Waals surface area (Å²) in [5, 5.41) is 2.76. The fourth-order valence-corrected chi connectivity index (χ4v) is 4.41. The molecule has 0 bridgehead atoms. The molecular formula is C22H32BN4O3. The van der Waals surface area contributed by atoms with E-state index in [1.54, 1.807) is 6.07 Å². The van der Waals surface area contributed by atoms with Crippen LogP contribution < -0.4 is 15.8 Å². The first-order valence-corrected chi connectivity index (χ1v) is 10.9. The van der Waals surface area contributed by atoms with E-state index in [2.05, 4.69) is 31.0 Å². The molecule has 2 atom stereocenters. The zero-order chi connectivity index (χ0) is 21.8. The molecule has 7 nitrogen and oxygen atoms in total. The van der Waals surface area contributed by atoms with Crippen LogP contribution in [-0.4, -0.2) is 60.4 Å². The number of amides is 2. The second-order valence-corrected chi connectivity index (χ2v) is 8.17. The summed E-state index contributed by atoms with van der Waals surface area (Å²) >= 11 is 0. The SMILES string of the molecule is [B]=C1CCC(N2Cc3c(OCC(=O)N(CCC)CCC)cc(N)cc3C2C)C(=O)N1. The molecule has 2 aliphatic rings. The minimum absolute atomic E-state index is 0.0142. The second-order valence-electron chi connectivity index (χ2n) is 8.17. The van der Waals surface area contributed by atoms with Crippen LogP contribution in [0.2, 0.25) is 0 Å². The van der Waals surface area contributed by atoms with Gasteiger partial charge in [-0.2, -0.15) is 0 Å². The Kier molecular flexibility index (Phi) is 7.18. The van der Waals surface area contributed by atoms with Gasteiger partial charge < -0.3 is 0 Å². The van der Waals surface area contributed by atoms with Crippen molar-refractivity contribution in [3.05, 3.63) is 23.3 Å². The normalized spacial score (nSPS) is 21.3. The zero-order valence-electron chi connectivity index (χ0n) is 18.2. The van der Waals surface area contributed by atoms with Crippen molar-refractivity contribution in [2.24, 2.45) is 0 Å². The summed E-state index contributed by atoms with van der Waals surface area (Å²) in [6.07, 6.45) is 3.18. The van der Waals surface area contributed by atoms with Gasteiger partial charge in [-0.3, -0.25) is 0 Å². The quantitative estimate of drug-likeness (QED) is 0.503. The van der Waals surface area contributed by atoms with Crippen molar-refractivity contribution in [2.75, 3.05) is 25.4 Å². The number of hydrogen-bond donors (Lipinski definition) is 2. The van der Waals surface area contributed by atoms with Gasteiger partial charge in [-0.25, -0.2) is 0 Å². The number of nitrogens with two attached hydrogens (primary N) is 1. The Balaban J connectivity index is 1.76. The van der Waals surface area contributed by atoms with E-state index in [1.807, 2.05) is 11.0 Å². The van der Waals surface area contributed by atoms with Gasteiger partial charge in [-0.05, 0) is 12.8 Å². The monoisotopic (exact) mass is 411 g/mol. The van der Waals surface area contributed by atoms with Crippen LogP contribution in [-0.2, 0) is 16.1 Å². The van der Waals surface area contributed by atoms with E-state index in [-0.39, 0.29) is 30.5 Å². The predicted octanol–water partition coefficient (Wildman–Crippen LogP) is 1.75. The van der Waals surface area contributed by atoms with Crippen molar-refractivity contribution in [1.82, 2.24) is 15.1 Å². The molecule has 30 heavy (non-hydrogen) atoms. The van der Waals surface area contributed by atoms with Gasteiger partial charge in [0.15, 0.2) is 0 Å². The average Bonchev–Trinajstić information content (AvgIpc) is 3.02. The third kappa shape index (κ3) is 4.69. The summed E-state index contributed by atoms with van der Waals surface area (Å²) in [6, 6.07) is 3.49. The van der Waals surface area contributed by atoms with E-state index in [1.165, 1.54) is 0 Å². The molecule has 3 rings (SSSR count). The average molecular weight is 411 g/mol. The molecule has 2 unspecified atom stereocenters. The number of nitrogens with one attached hydrogen (secondary N) is 1. The van der Waals surface area contributed by atoms with E-state index in [9.17, 15) is 9.59 Å². The summed E-state index contributed by atoms with van der Waals surface area (Å²) in [4.78, 5) is 29.1. The van der Waals surface area contributed by atoms with Crippen LogP contribution >= 0.6 is 0 Å². The Bertz CT molecular complexity index is 823. The van der Waals surface area contributed by atoms with Crippen molar-refractivity contribution in [3.8, 4) is 5.75 Å². The molecule has 161 valence electrons. The number of rotatable bonds is 8. The van der Waals surface area contributed by atoms with Crippen LogP contribution in [0.3, 0.4) is 0 Å². The van der Waals surface area contributed by atoms with E-state index >= 15 is 0 Å². The van der Waals surface area contributed by atoms with Crippen LogP contribution in [0.5, 0.6) is 5.75 Å². The molecule has 1 saturated heterocycles. The first-order valence-electron chi connectivity index (χ1n) is 10.9. The van der Waals surface area contributed by atoms with E-state index in [4.69, 9.17) is 18.0 Å². The Labute approximate surface area is 180 Å². The summed E-state index contributed by atoms with van der Waals surface area (Å²) < 4.78 is 5.97. The first kappa shape index (κ1) is 22.3. The number of fused-ring (bicyclic) bond motifs is 1. The number of anilines is 1. The molecule has 1 aromatic carbocycles. The number of carbonyl (C=O) groups excluding carboxylic acids is 2. The number of benzene rings is 1. The Morgan fingerprint density at radius 2 is 2.03 bits per heavy atom. The molecular weight excluding hydrogens is 379 g/mol. The van der Waals surface area contributed by atoms with Crippen LogP contribution in [0.4, 0.5) is 5.69 Å². The van der Waals surface area contributed by atoms with E-state index in [0.29, 0.717) is 36.4 Å². The standard InChI is InChI=1S/C22H32BN4O3/c1-4-8-26(9-5-2)21(28)13-30-19-11-15(24)10-16-14(3)27(12-17(16)19)18-6-7-20(23)25-22(18)29/h10-11,14,18H,4-9,12-13,24H2,1-3H3,(H,25,29). The van der Waals surface area contributed by atoms with Gasteiger partial charge >= 0.3 is 140 Å². The third-order valence-corrected chi connectivity index (χ3v) is 5.92. The molecule has 2 aliphatic heterocycles. The van der Waals surface area contributed by atoms with Crippen LogP contribution in [0.1, 0.15) is 63.6 Å². The van der Waals surface area contributed by atoms with Gasteiger partial charge in [-0.15, -0.1) is 0 Å². The number of nitrogens with zero attached hydrogens (tertiary/aromatic N) is 2. The summed E-state index contributed by atoms with van der Waals surface area (Å²) in [7, 11) is 5.78. The summed E-state index contributed by atoms with van der Waals surface area (Å²) in [5.74, 6) is 0.539. The Morgan fingerprint density at radius 3 is 2.67 bits per heavy atom. The molecule has 1 aromatic rings. The van der Waals surface area contributed by atoms with E-state index in [0.717, 1.165) is 37.1 Å². The molecule has 0 spiro atoms. The third-order valence-electron chi connectivity index (χ3n) is 5.92. The topological polar surface area (TPSA) is 87.9 Å². The Morgan fingerprint density at radius 1 is 1.33 bits per heavy atom. The van der Waals surface area contributed by atoms with Crippen LogP contribution in [0.15, 0.2) is 12.1 Å². The van der Waals surface area contributed by atoms with Gasteiger partial charge in [0.1, 0.15) is 0 Å². The van der Waals surface area contributed by atoms with Crippen molar-refractivity contribution in [1.29, 1.82) is 0 Å². The van der Waals surface area contributed by atoms with Gasteiger partial charge in [0.25, 0.3) is 0 Å². The molecule has 1 fully saturated rings.